The molecule has 0 atom stereocenters. The summed E-state index contributed by atoms with van der Waals surface area (Å²) < 4.78 is 111. The molecule has 0 aliphatic heterocycles. The Kier molecular flexibility index (Phi) is 3.26. The van der Waals surface area contributed by atoms with Gasteiger partial charge >= 0.3 is 18.5 Å². The molecule has 0 saturated heterocycles. The lowest BCUT2D eigenvalue weighted by atomic mass is 10.1. The van der Waals surface area contributed by atoms with Crippen molar-refractivity contribution in [2.45, 2.75) is 18.5 Å². The van der Waals surface area contributed by atoms with Gasteiger partial charge in [-0.25, -0.2) is 4.98 Å². The van der Waals surface area contributed by atoms with Gasteiger partial charge in [-0.1, -0.05) is 0 Å². The van der Waals surface area contributed by atoms with Gasteiger partial charge in [0.15, 0.2) is 6.20 Å². The Morgan fingerprint density at radius 3 is 1.56 bits per heavy atom. The Morgan fingerprint density at radius 1 is 0.722 bits per heavy atom. The molecule has 0 aliphatic carbocycles. The molecule has 0 radical (unpaired) electrons. The minimum atomic E-state index is -5.78. The van der Waals surface area contributed by atoms with Crippen LogP contribution in [-0.4, -0.2) is 0 Å². The maximum absolute atomic E-state index is 12.3. The first-order valence-electron chi connectivity index (χ1n) is 4.11. The van der Waals surface area contributed by atoms with E-state index in [9.17, 15) is 39.5 Å². The van der Waals surface area contributed by atoms with E-state index in [0.717, 1.165) is 4.98 Å². The minimum Gasteiger partial charge on any atom is -0.207 e. The summed E-state index contributed by atoms with van der Waals surface area (Å²) in [7, 11) is 0. The zero-order valence-electron chi connectivity index (χ0n) is 8.06. The van der Waals surface area contributed by atoms with E-state index in [1.807, 2.05) is 0 Å². The molecule has 0 fully saturated rings. The molecule has 0 spiro atoms. The molecule has 0 saturated carbocycles. The number of halogens is 9. The topological polar surface area (TPSA) is 14.1 Å². The van der Waals surface area contributed by atoms with Gasteiger partial charge < -0.3 is 0 Å². The molecule has 1 aromatic heterocycles. The monoisotopic (exact) mass is 284 g/mol. The molecule has 0 amide bonds. The fourth-order valence-corrected chi connectivity index (χ4v) is 1.25. The first-order valence-corrected chi connectivity index (χ1v) is 4.11. The highest BCUT2D eigenvalue weighted by Gasteiger charge is 2.54. The van der Waals surface area contributed by atoms with Gasteiger partial charge in [0.25, 0.3) is 5.69 Å². The number of nitrogens with one attached hydrogen (secondary N) is 1. The lowest BCUT2D eigenvalue weighted by Crippen LogP contribution is -2.30. The summed E-state index contributed by atoms with van der Waals surface area (Å²) in [6.45, 7) is 0. The maximum atomic E-state index is 12.3. The van der Waals surface area contributed by atoms with Gasteiger partial charge in [0.2, 0.25) is 0 Å². The standard InChI is InChI=1S/C8H2F9N/c9-6(10,11)3-1-2-18-5(8(15,16)17)4(3)7(12,13)14/h1-2H/p+1. The third kappa shape index (κ3) is 2.85. The van der Waals surface area contributed by atoms with Gasteiger partial charge in [0.1, 0.15) is 5.56 Å². The van der Waals surface area contributed by atoms with E-state index >= 15 is 0 Å². The molecule has 0 aromatic carbocycles. The van der Waals surface area contributed by atoms with E-state index in [1.54, 1.807) is 0 Å². The summed E-state index contributed by atoms with van der Waals surface area (Å²) in [5, 5.41) is 0. The van der Waals surface area contributed by atoms with Crippen molar-refractivity contribution in [1.82, 2.24) is 0 Å². The molecule has 102 valence electrons. The van der Waals surface area contributed by atoms with Crippen molar-refractivity contribution in [3.05, 3.63) is 29.1 Å². The Bertz CT molecular complexity index is 407. The number of aromatic amines is 1. The number of hydrogen-bond acceptors (Lipinski definition) is 0. The predicted octanol–water partition coefficient (Wildman–Crippen LogP) is 3.56. The summed E-state index contributed by atoms with van der Waals surface area (Å²) in [5.74, 6) is 0. The largest absolute Gasteiger partial charge is 0.478 e. The molecule has 10 heteroatoms. The van der Waals surface area contributed by atoms with Gasteiger partial charge in [0.05, 0.1) is 5.56 Å². The average Bonchev–Trinajstić information content (AvgIpc) is 2.12. The van der Waals surface area contributed by atoms with Crippen molar-refractivity contribution in [1.29, 1.82) is 0 Å². The Labute approximate surface area is 93.2 Å². The molecule has 1 rings (SSSR count). The van der Waals surface area contributed by atoms with E-state index < -0.39 is 35.3 Å². The van der Waals surface area contributed by atoms with Crippen LogP contribution in [0, 0.1) is 0 Å². The molecule has 0 aliphatic rings. The summed E-state index contributed by atoms with van der Waals surface area (Å²) in [6, 6.07) is -0.0991. The molecule has 18 heavy (non-hydrogen) atoms. The highest BCUT2D eigenvalue weighted by atomic mass is 19.4. The molecule has 0 bridgehead atoms. The van der Waals surface area contributed by atoms with Crippen LogP contribution in [0.1, 0.15) is 16.8 Å². The van der Waals surface area contributed by atoms with Gasteiger partial charge in [0, 0.05) is 6.07 Å². The molecule has 0 unspecified atom stereocenters. The van der Waals surface area contributed by atoms with Gasteiger partial charge in [-0.2, -0.15) is 39.5 Å². The van der Waals surface area contributed by atoms with Crippen molar-refractivity contribution in [3.8, 4) is 0 Å². The van der Waals surface area contributed by atoms with Gasteiger partial charge in [-0.15, -0.1) is 0 Å². The summed E-state index contributed by atoms with van der Waals surface area (Å²) in [6.07, 6.45) is -16.7. The highest BCUT2D eigenvalue weighted by molar-refractivity contribution is 5.33. The fraction of sp³-hybridized carbons (Fsp3) is 0.375. The number of pyridine rings is 1. The van der Waals surface area contributed by atoms with E-state index in [-0.39, 0.29) is 12.3 Å². The molecule has 1 heterocycles. The van der Waals surface area contributed by atoms with Crippen LogP contribution in [0.2, 0.25) is 0 Å². The molecular formula is C8H3F9N+. The first kappa shape index (κ1) is 14.6. The molecule has 1 nitrogen and oxygen atoms in total. The van der Waals surface area contributed by atoms with Gasteiger partial charge in [-0.05, 0) is 0 Å². The van der Waals surface area contributed by atoms with Crippen molar-refractivity contribution in [3.63, 3.8) is 0 Å². The number of hydrogen-bond donors (Lipinski definition) is 0. The number of alkyl halides is 9. The quantitative estimate of drug-likeness (QED) is 0.647. The average molecular weight is 284 g/mol. The molecule has 1 N–H and O–H groups in total. The van der Waals surface area contributed by atoms with Crippen LogP contribution >= 0.6 is 0 Å². The second-order valence-electron chi connectivity index (χ2n) is 3.13. The summed E-state index contributed by atoms with van der Waals surface area (Å²) in [5.41, 5.74) is -7.64. The normalized spacial score (nSPS) is 13.8. The van der Waals surface area contributed by atoms with E-state index in [2.05, 4.69) is 0 Å². The smallest absolute Gasteiger partial charge is 0.207 e. The zero-order valence-corrected chi connectivity index (χ0v) is 8.06. The van der Waals surface area contributed by atoms with Crippen LogP contribution in [0.15, 0.2) is 12.3 Å². The second-order valence-corrected chi connectivity index (χ2v) is 3.13. The van der Waals surface area contributed by atoms with Crippen LogP contribution in [0.4, 0.5) is 39.5 Å². The lowest BCUT2D eigenvalue weighted by Gasteiger charge is -2.16. The second kappa shape index (κ2) is 4.02. The summed E-state index contributed by atoms with van der Waals surface area (Å²) >= 11 is 0. The zero-order chi connectivity index (χ0) is 14.4. The highest BCUT2D eigenvalue weighted by Crippen LogP contribution is 2.44. The van der Waals surface area contributed by atoms with Crippen LogP contribution in [0.3, 0.4) is 0 Å². The maximum Gasteiger partial charge on any atom is 0.478 e. The summed E-state index contributed by atoms with van der Waals surface area (Å²) in [4.78, 5) is 1.15. The molecule has 1 aromatic rings. The third-order valence-corrected chi connectivity index (χ3v) is 1.87. The van der Waals surface area contributed by atoms with Crippen molar-refractivity contribution < 1.29 is 44.5 Å². The van der Waals surface area contributed by atoms with E-state index in [0.29, 0.717) is 0 Å². The predicted molar refractivity (Wildman–Crippen MR) is 38.0 cm³/mol. The van der Waals surface area contributed by atoms with Crippen LogP contribution in [-0.2, 0) is 18.5 Å². The number of rotatable bonds is 0. The van der Waals surface area contributed by atoms with E-state index in [4.69, 9.17) is 0 Å². The van der Waals surface area contributed by atoms with Crippen LogP contribution in [0.5, 0.6) is 0 Å². The van der Waals surface area contributed by atoms with Crippen molar-refractivity contribution >= 4 is 0 Å². The SMILES string of the molecule is FC(F)(F)c1cc[nH+]c(C(F)(F)F)c1C(F)(F)F. The Balaban J connectivity index is 3.68. The van der Waals surface area contributed by atoms with Crippen LogP contribution in [0.25, 0.3) is 0 Å². The minimum absolute atomic E-state index is 0.0991. The fourth-order valence-electron chi connectivity index (χ4n) is 1.25. The Morgan fingerprint density at radius 2 is 1.22 bits per heavy atom. The first-order chi connectivity index (χ1) is 7.85. The lowest BCUT2D eigenvalue weighted by molar-refractivity contribution is -0.430. The third-order valence-electron chi connectivity index (χ3n) is 1.87. The molecular weight excluding hydrogens is 281 g/mol. The Hall–Kier alpha value is -1.48. The number of H-pyrrole nitrogens is 1. The van der Waals surface area contributed by atoms with Crippen LogP contribution < -0.4 is 4.98 Å². The van der Waals surface area contributed by atoms with E-state index in [1.165, 1.54) is 0 Å². The number of aromatic nitrogens is 1. The van der Waals surface area contributed by atoms with Crippen molar-refractivity contribution in [2.24, 2.45) is 0 Å². The van der Waals surface area contributed by atoms with Crippen molar-refractivity contribution in [2.75, 3.05) is 0 Å². The van der Waals surface area contributed by atoms with Gasteiger partial charge in [-0.3, -0.25) is 0 Å².